The molecule has 1 aromatic carbocycles. The summed E-state index contributed by atoms with van der Waals surface area (Å²) in [6.45, 7) is 14.9. The zero-order chi connectivity index (χ0) is 18.1. The Hall–Kier alpha value is -1.92. The average Bonchev–Trinajstić information content (AvgIpc) is 2.55. The van der Waals surface area contributed by atoms with Gasteiger partial charge in [-0.1, -0.05) is 56.0 Å². The Bertz CT molecular complexity index is 681. The van der Waals surface area contributed by atoms with Gasteiger partial charge in [-0.15, -0.1) is 9.24 Å². The third kappa shape index (κ3) is 5.62. The molecule has 0 heterocycles. The van der Waals surface area contributed by atoms with Crippen molar-refractivity contribution >= 4 is 20.3 Å². The van der Waals surface area contributed by atoms with Gasteiger partial charge in [0.1, 0.15) is 0 Å². The van der Waals surface area contributed by atoms with Crippen molar-refractivity contribution < 1.29 is 0 Å². The van der Waals surface area contributed by atoms with Crippen LogP contribution in [-0.4, -0.2) is 17.7 Å². The lowest BCUT2D eigenvalue weighted by atomic mass is 10.0. The molecule has 1 atom stereocenters. The summed E-state index contributed by atoms with van der Waals surface area (Å²) in [5, 5.41) is 1.22. The maximum absolute atomic E-state index is 4.64. The Balaban J connectivity index is 3.28. The van der Waals surface area contributed by atoms with E-state index in [9.17, 15) is 0 Å². The molecule has 128 valence electrons. The number of hydrogen-bond donors (Lipinski definition) is 0. The molecule has 0 spiro atoms. The van der Waals surface area contributed by atoms with Crippen LogP contribution in [0.25, 0.3) is 0 Å². The van der Waals surface area contributed by atoms with E-state index in [0.717, 1.165) is 29.9 Å². The summed E-state index contributed by atoms with van der Waals surface area (Å²) in [6, 6.07) is 8.41. The highest BCUT2D eigenvalue weighted by Crippen LogP contribution is 2.21. The van der Waals surface area contributed by atoms with Crippen molar-refractivity contribution in [1.29, 1.82) is 0 Å². The van der Waals surface area contributed by atoms with Crippen molar-refractivity contribution in [2.24, 2.45) is 4.99 Å². The number of allylic oxidation sites excluding steroid dienone is 5. The van der Waals surface area contributed by atoms with Gasteiger partial charge < -0.3 is 4.90 Å². The molecule has 3 heteroatoms. The van der Waals surface area contributed by atoms with Crippen LogP contribution >= 0.6 is 9.24 Å². The zero-order valence-electron chi connectivity index (χ0n) is 15.3. The number of rotatable bonds is 8. The lowest BCUT2D eigenvalue weighted by Gasteiger charge is -2.27. The van der Waals surface area contributed by atoms with E-state index in [4.69, 9.17) is 0 Å². The highest BCUT2D eigenvalue weighted by molar-refractivity contribution is 7.27. The van der Waals surface area contributed by atoms with E-state index < -0.39 is 0 Å². The molecule has 0 aliphatic heterocycles. The standard InChI is InChI=1S/C21H29N2P/c1-7-9-14-22-19(8-2)21(17(5)16(3)4)23(6)15-18-12-10-11-13-20(18)24/h7,9-14H,1,3,8,15,24H2,2,4-6H3/b14-9-,21-17-,22-19+. The molecule has 0 bridgehead atoms. The maximum atomic E-state index is 4.64. The molecule has 24 heavy (non-hydrogen) atoms. The van der Waals surface area contributed by atoms with Crippen molar-refractivity contribution in [2.75, 3.05) is 7.05 Å². The Kier molecular flexibility index (Phi) is 8.43. The van der Waals surface area contributed by atoms with E-state index in [2.05, 4.69) is 77.5 Å². The van der Waals surface area contributed by atoms with Crippen LogP contribution in [0.4, 0.5) is 0 Å². The van der Waals surface area contributed by atoms with Gasteiger partial charge in [0.15, 0.2) is 0 Å². The second kappa shape index (κ2) is 10.1. The predicted octanol–water partition coefficient (Wildman–Crippen LogP) is 5.02. The van der Waals surface area contributed by atoms with Gasteiger partial charge >= 0.3 is 0 Å². The van der Waals surface area contributed by atoms with Crippen LogP contribution in [0.15, 0.2) is 77.6 Å². The average molecular weight is 340 g/mol. The van der Waals surface area contributed by atoms with Crippen LogP contribution in [0.3, 0.4) is 0 Å². The first kappa shape index (κ1) is 20.1. The molecule has 1 rings (SSSR count). The summed E-state index contributed by atoms with van der Waals surface area (Å²) in [5.74, 6) is 0. The second-order valence-electron chi connectivity index (χ2n) is 5.82. The minimum absolute atomic E-state index is 0.823. The monoisotopic (exact) mass is 340 g/mol. The van der Waals surface area contributed by atoms with E-state index >= 15 is 0 Å². The highest BCUT2D eigenvalue weighted by Gasteiger charge is 2.15. The van der Waals surface area contributed by atoms with Gasteiger partial charge in [-0.05, 0) is 42.8 Å². The van der Waals surface area contributed by atoms with Crippen LogP contribution < -0.4 is 5.30 Å². The van der Waals surface area contributed by atoms with Gasteiger partial charge in [-0.2, -0.15) is 0 Å². The van der Waals surface area contributed by atoms with E-state index in [1.807, 2.05) is 13.0 Å². The summed E-state index contributed by atoms with van der Waals surface area (Å²) in [4.78, 5) is 6.90. The molecule has 0 N–H and O–H groups in total. The first-order valence-corrected chi connectivity index (χ1v) is 8.75. The third-order valence-corrected chi connectivity index (χ3v) is 4.46. The summed E-state index contributed by atoms with van der Waals surface area (Å²) in [6.07, 6.45) is 6.24. The van der Waals surface area contributed by atoms with Gasteiger partial charge in [0.2, 0.25) is 0 Å². The minimum atomic E-state index is 0.823. The number of aliphatic imine (C=N–C) groups is 1. The molecule has 0 aromatic heterocycles. The third-order valence-electron chi connectivity index (χ3n) is 3.90. The quantitative estimate of drug-likeness (QED) is 0.368. The van der Waals surface area contributed by atoms with Crippen molar-refractivity contribution in [3.63, 3.8) is 0 Å². The van der Waals surface area contributed by atoms with Crippen molar-refractivity contribution in [2.45, 2.75) is 33.7 Å². The lowest BCUT2D eigenvalue weighted by molar-refractivity contribution is 0.428. The van der Waals surface area contributed by atoms with Gasteiger partial charge in [0, 0.05) is 19.8 Å². The SMILES string of the molecule is C=C\C=C/N=C(CC)/C(=C(\C)C(=C)C)N(C)Cc1ccccc1P. The van der Waals surface area contributed by atoms with E-state index in [0.29, 0.717) is 0 Å². The van der Waals surface area contributed by atoms with Gasteiger partial charge in [-0.3, -0.25) is 4.99 Å². The van der Waals surface area contributed by atoms with E-state index in [1.165, 1.54) is 16.4 Å². The molecular weight excluding hydrogens is 311 g/mol. The fourth-order valence-electron chi connectivity index (χ4n) is 2.45. The number of hydrogen-bond acceptors (Lipinski definition) is 2. The van der Waals surface area contributed by atoms with Crippen LogP contribution in [-0.2, 0) is 6.54 Å². The summed E-state index contributed by atoms with van der Waals surface area (Å²) in [5.41, 5.74) is 5.72. The molecule has 0 radical (unpaired) electrons. The minimum Gasteiger partial charge on any atom is -0.369 e. The predicted molar refractivity (Wildman–Crippen MR) is 112 cm³/mol. The van der Waals surface area contributed by atoms with Gasteiger partial charge in [0.05, 0.1) is 11.4 Å². The largest absolute Gasteiger partial charge is 0.369 e. The van der Waals surface area contributed by atoms with Crippen LogP contribution in [0.5, 0.6) is 0 Å². The Labute approximate surface area is 149 Å². The maximum Gasteiger partial charge on any atom is 0.0636 e. The van der Waals surface area contributed by atoms with Crippen LogP contribution in [0.2, 0.25) is 0 Å². The molecule has 1 unspecified atom stereocenters. The molecule has 0 aliphatic rings. The molecule has 0 saturated carbocycles. The smallest absolute Gasteiger partial charge is 0.0636 e. The van der Waals surface area contributed by atoms with E-state index in [1.54, 1.807) is 12.3 Å². The Morgan fingerprint density at radius 2 is 1.96 bits per heavy atom. The molecule has 1 aromatic rings. The molecule has 0 aliphatic carbocycles. The number of nitrogens with zero attached hydrogens (tertiary/aromatic N) is 2. The summed E-state index contributed by atoms with van der Waals surface area (Å²) < 4.78 is 0. The Morgan fingerprint density at radius 3 is 2.50 bits per heavy atom. The fraction of sp³-hybridized carbons (Fsp3) is 0.286. The van der Waals surface area contributed by atoms with Crippen LogP contribution in [0.1, 0.15) is 32.8 Å². The molecule has 0 saturated heterocycles. The molecular formula is C21H29N2P. The molecule has 0 amide bonds. The first-order valence-electron chi connectivity index (χ1n) is 8.18. The molecule has 2 nitrogen and oxygen atoms in total. The number of benzene rings is 1. The van der Waals surface area contributed by atoms with Gasteiger partial charge in [0.25, 0.3) is 0 Å². The Morgan fingerprint density at radius 1 is 1.29 bits per heavy atom. The van der Waals surface area contributed by atoms with Crippen molar-refractivity contribution in [1.82, 2.24) is 4.90 Å². The fourth-order valence-corrected chi connectivity index (χ4v) is 2.75. The highest BCUT2D eigenvalue weighted by atomic mass is 31.0. The lowest BCUT2D eigenvalue weighted by Crippen LogP contribution is -2.26. The molecule has 0 fully saturated rings. The normalized spacial score (nSPS) is 13.0. The first-order chi connectivity index (χ1) is 11.4. The topological polar surface area (TPSA) is 15.6 Å². The van der Waals surface area contributed by atoms with Crippen molar-refractivity contribution in [3.05, 3.63) is 78.2 Å². The zero-order valence-corrected chi connectivity index (χ0v) is 16.5. The van der Waals surface area contributed by atoms with Gasteiger partial charge in [-0.25, -0.2) is 0 Å². The van der Waals surface area contributed by atoms with Crippen molar-refractivity contribution in [3.8, 4) is 0 Å². The second-order valence-corrected chi connectivity index (χ2v) is 6.44. The summed E-state index contributed by atoms with van der Waals surface area (Å²) in [7, 11) is 4.92. The van der Waals surface area contributed by atoms with Crippen LogP contribution in [0, 0.1) is 0 Å². The summed E-state index contributed by atoms with van der Waals surface area (Å²) >= 11 is 0. The van der Waals surface area contributed by atoms with E-state index in [-0.39, 0.29) is 0 Å².